The van der Waals surface area contributed by atoms with Crippen LogP contribution in [-0.4, -0.2) is 22.6 Å². The van der Waals surface area contributed by atoms with Crippen molar-refractivity contribution in [3.05, 3.63) is 81.9 Å². The molecule has 0 aliphatic rings. The van der Waals surface area contributed by atoms with Gasteiger partial charge in [-0.1, -0.05) is 35.3 Å². The van der Waals surface area contributed by atoms with E-state index in [1.165, 1.54) is 0 Å². The van der Waals surface area contributed by atoms with E-state index in [4.69, 9.17) is 27.9 Å². The summed E-state index contributed by atoms with van der Waals surface area (Å²) in [5.41, 5.74) is 1.26. The maximum atomic E-state index is 12.8. The molecule has 0 aliphatic heterocycles. The van der Waals surface area contributed by atoms with Crippen LogP contribution < -0.4 is 10.1 Å². The van der Waals surface area contributed by atoms with Crippen LogP contribution in [0.5, 0.6) is 5.75 Å². The van der Waals surface area contributed by atoms with Crippen LogP contribution in [0, 0.1) is 0 Å². The summed E-state index contributed by atoms with van der Waals surface area (Å²) in [4.78, 5) is 17.2. The second kappa shape index (κ2) is 7.81. The molecule has 0 saturated carbocycles. The van der Waals surface area contributed by atoms with Gasteiger partial charge in [-0.25, -0.2) is 4.98 Å². The van der Waals surface area contributed by atoms with Crippen molar-refractivity contribution in [1.29, 1.82) is 0 Å². The summed E-state index contributed by atoms with van der Waals surface area (Å²) < 4.78 is 7.06. The zero-order chi connectivity index (χ0) is 18.7. The second-order valence-electron chi connectivity index (χ2n) is 5.73. The zero-order valence-electron chi connectivity index (χ0n) is 14.2. The molecule has 1 aromatic heterocycles. The molecule has 1 amide bonds. The Bertz CT molecular complexity index is 903. The molecule has 0 saturated heterocycles. The molecule has 0 spiro atoms. The highest BCUT2D eigenvalue weighted by Gasteiger charge is 2.22. The fourth-order valence-corrected chi connectivity index (χ4v) is 3.17. The van der Waals surface area contributed by atoms with Crippen LogP contribution in [0.3, 0.4) is 0 Å². The number of hydrogen-bond donors (Lipinski definition) is 1. The van der Waals surface area contributed by atoms with Crippen LogP contribution in [0.1, 0.15) is 27.8 Å². The first-order valence-corrected chi connectivity index (χ1v) is 8.61. The van der Waals surface area contributed by atoms with E-state index in [1.807, 2.05) is 42.1 Å². The van der Waals surface area contributed by atoms with Crippen molar-refractivity contribution in [2.24, 2.45) is 7.05 Å². The second-order valence-corrected chi connectivity index (χ2v) is 6.61. The Morgan fingerprint density at radius 1 is 1.15 bits per heavy atom. The number of nitrogens with one attached hydrogen (secondary N) is 1. The summed E-state index contributed by atoms with van der Waals surface area (Å²) in [6.45, 7) is 0. The summed E-state index contributed by atoms with van der Waals surface area (Å²) in [7, 11) is 3.48. The van der Waals surface area contributed by atoms with Crippen LogP contribution in [0.15, 0.2) is 54.9 Å². The minimum absolute atomic E-state index is 0.293. The molecule has 2 aromatic carbocycles. The third-order valence-corrected chi connectivity index (χ3v) is 4.40. The third-order valence-electron chi connectivity index (χ3n) is 3.97. The molecule has 7 heteroatoms. The summed E-state index contributed by atoms with van der Waals surface area (Å²) in [6.07, 6.45) is 3.52. The molecule has 1 atom stereocenters. The number of halogens is 2. The monoisotopic (exact) mass is 389 g/mol. The average Bonchev–Trinajstić information content (AvgIpc) is 3.04. The highest BCUT2D eigenvalue weighted by Crippen LogP contribution is 2.25. The maximum Gasteiger partial charge on any atom is 0.252 e. The number of ether oxygens (including phenoxy) is 1. The van der Waals surface area contributed by atoms with E-state index in [0.29, 0.717) is 21.4 Å². The van der Waals surface area contributed by atoms with Crippen molar-refractivity contribution in [1.82, 2.24) is 14.9 Å². The maximum absolute atomic E-state index is 12.8. The Labute approximate surface area is 161 Å². The van der Waals surface area contributed by atoms with Gasteiger partial charge in [-0.15, -0.1) is 0 Å². The largest absolute Gasteiger partial charge is 0.497 e. The van der Waals surface area contributed by atoms with Gasteiger partial charge in [0.05, 0.1) is 7.11 Å². The fraction of sp³-hybridized carbons (Fsp3) is 0.158. The smallest absolute Gasteiger partial charge is 0.252 e. The predicted octanol–water partition coefficient (Wildman–Crippen LogP) is 4.25. The number of carbonyl (C=O) groups excluding carboxylic acids is 1. The number of aromatic nitrogens is 2. The molecule has 0 bridgehead atoms. The fourth-order valence-electron chi connectivity index (χ4n) is 2.65. The summed E-state index contributed by atoms with van der Waals surface area (Å²) in [5.74, 6) is 1.15. The minimum atomic E-state index is -0.439. The molecule has 134 valence electrons. The molecule has 26 heavy (non-hydrogen) atoms. The molecule has 3 aromatic rings. The Kier molecular flexibility index (Phi) is 5.49. The number of imidazole rings is 1. The van der Waals surface area contributed by atoms with Crippen LogP contribution in [0.2, 0.25) is 10.0 Å². The minimum Gasteiger partial charge on any atom is -0.497 e. The number of benzene rings is 2. The third kappa shape index (κ3) is 4.00. The number of methoxy groups -OCH3 is 1. The van der Waals surface area contributed by atoms with Crippen molar-refractivity contribution in [3.8, 4) is 5.75 Å². The van der Waals surface area contributed by atoms with Gasteiger partial charge < -0.3 is 14.6 Å². The molecule has 1 unspecified atom stereocenters. The van der Waals surface area contributed by atoms with Gasteiger partial charge in [0.15, 0.2) is 0 Å². The topological polar surface area (TPSA) is 56.1 Å². The van der Waals surface area contributed by atoms with Crippen LogP contribution in [0.25, 0.3) is 0 Å². The lowest BCUT2D eigenvalue weighted by atomic mass is 10.0. The van der Waals surface area contributed by atoms with E-state index >= 15 is 0 Å². The lowest BCUT2D eigenvalue weighted by molar-refractivity contribution is 0.0941. The SMILES string of the molecule is COc1ccc(C(NC(=O)c2cc(Cl)cc(Cl)c2)c2nccn2C)cc1. The van der Waals surface area contributed by atoms with Crippen LogP contribution >= 0.6 is 23.2 Å². The lowest BCUT2D eigenvalue weighted by Crippen LogP contribution is -2.31. The number of nitrogens with zero attached hydrogens (tertiary/aromatic N) is 2. The van der Waals surface area contributed by atoms with E-state index in [9.17, 15) is 4.79 Å². The standard InChI is InChI=1S/C19H17Cl2N3O2/c1-24-8-7-22-18(24)17(12-3-5-16(26-2)6-4-12)23-19(25)13-9-14(20)11-15(21)10-13/h3-11,17H,1-2H3,(H,23,25). The summed E-state index contributed by atoms with van der Waals surface area (Å²) >= 11 is 12.0. The number of hydrogen-bond acceptors (Lipinski definition) is 3. The van der Waals surface area contributed by atoms with E-state index in [1.54, 1.807) is 31.5 Å². The first kappa shape index (κ1) is 18.3. The van der Waals surface area contributed by atoms with Gasteiger partial charge in [0.25, 0.3) is 5.91 Å². The Hall–Kier alpha value is -2.50. The first-order valence-electron chi connectivity index (χ1n) is 7.86. The van der Waals surface area contributed by atoms with Gasteiger partial charge in [-0.2, -0.15) is 0 Å². The Balaban J connectivity index is 1.95. The summed E-state index contributed by atoms with van der Waals surface area (Å²) in [6, 6.07) is 11.8. The molecule has 3 rings (SSSR count). The highest BCUT2D eigenvalue weighted by molar-refractivity contribution is 6.35. The molecule has 0 fully saturated rings. The number of carbonyl (C=O) groups is 1. The van der Waals surface area contributed by atoms with E-state index in [0.717, 1.165) is 11.3 Å². The average molecular weight is 390 g/mol. The van der Waals surface area contributed by atoms with Gasteiger partial charge in [0.2, 0.25) is 0 Å². The van der Waals surface area contributed by atoms with Gasteiger partial charge in [-0.05, 0) is 35.9 Å². The Morgan fingerprint density at radius 2 is 1.81 bits per heavy atom. The van der Waals surface area contributed by atoms with Gasteiger partial charge in [0, 0.05) is 35.1 Å². The van der Waals surface area contributed by atoms with E-state index in [-0.39, 0.29) is 5.91 Å². The van der Waals surface area contributed by atoms with Crippen molar-refractivity contribution < 1.29 is 9.53 Å². The molecular weight excluding hydrogens is 373 g/mol. The lowest BCUT2D eigenvalue weighted by Gasteiger charge is -2.19. The van der Waals surface area contributed by atoms with Gasteiger partial charge in [-0.3, -0.25) is 4.79 Å². The van der Waals surface area contributed by atoms with E-state index in [2.05, 4.69) is 10.3 Å². The van der Waals surface area contributed by atoms with Crippen LogP contribution in [0.4, 0.5) is 0 Å². The molecule has 0 aliphatic carbocycles. The number of rotatable bonds is 5. The van der Waals surface area contributed by atoms with Crippen molar-refractivity contribution in [2.75, 3.05) is 7.11 Å². The van der Waals surface area contributed by atoms with E-state index < -0.39 is 6.04 Å². The summed E-state index contributed by atoms with van der Waals surface area (Å²) in [5, 5.41) is 3.81. The predicted molar refractivity (Wildman–Crippen MR) is 102 cm³/mol. The molecule has 5 nitrogen and oxygen atoms in total. The normalized spacial score (nSPS) is 11.8. The molecule has 0 radical (unpaired) electrons. The molecule has 1 N–H and O–H groups in total. The first-order chi connectivity index (χ1) is 12.5. The van der Waals surface area contributed by atoms with Crippen molar-refractivity contribution in [2.45, 2.75) is 6.04 Å². The molecule has 1 heterocycles. The quantitative estimate of drug-likeness (QED) is 0.709. The van der Waals surface area contributed by atoms with Gasteiger partial charge >= 0.3 is 0 Å². The van der Waals surface area contributed by atoms with Crippen molar-refractivity contribution in [3.63, 3.8) is 0 Å². The number of amides is 1. The molecular formula is C19H17Cl2N3O2. The Morgan fingerprint density at radius 3 is 2.35 bits per heavy atom. The van der Waals surface area contributed by atoms with Gasteiger partial charge in [0.1, 0.15) is 17.6 Å². The van der Waals surface area contributed by atoms with Crippen molar-refractivity contribution >= 4 is 29.1 Å². The number of aryl methyl sites for hydroxylation is 1. The zero-order valence-corrected chi connectivity index (χ0v) is 15.8. The van der Waals surface area contributed by atoms with Crippen LogP contribution in [-0.2, 0) is 7.05 Å². The highest BCUT2D eigenvalue weighted by atomic mass is 35.5.